The summed E-state index contributed by atoms with van der Waals surface area (Å²) in [6, 6.07) is 4.60. The predicted octanol–water partition coefficient (Wildman–Crippen LogP) is 2.18. The van der Waals surface area contributed by atoms with Crippen molar-refractivity contribution in [2.75, 3.05) is 26.2 Å². The Hall–Kier alpha value is -1.68. The van der Waals surface area contributed by atoms with Crippen LogP contribution < -0.4 is 0 Å². The summed E-state index contributed by atoms with van der Waals surface area (Å²) in [5.74, 6) is 0.116. The van der Waals surface area contributed by atoms with Crippen LogP contribution in [0.5, 0.6) is 0 Å². The topological polar surface area (TPSA) is 36.4 Å². The third-order valence-corrected chi connectivity index (χ3v) is 4.57. The number of amides is 1. The minimum absolute atomic E-state index is 0.116. The lowest BCUT2D eigenvalue weighted by Gasteiger charge is -2.37. The molecule has 4 nitrogen and oxygen atoms in total. The molecule has 1 aromatic heterocycles. The lowest BCUT2D eigenvalue weighted by atomic mass is 10.2. The molecule has 0 unspecified atom stereocenters. The monoisotopic (exact) mass is 285 g/mol. The lowest BCUT2D eigenvalue weighted by Crippen LogP contribution is -2.51. The zero-order chi connectivity index (χ0) is 14.5. The Balaban J connectivity index is 1.49. The smallest absolute Gasteiger partial charge is 0.246 e. The second-order valence-corrected chi connectivity index (χ2v) is 5.92. The van der Waals surface area contributed by atoms with Crippen molar-refractivity contribution < 1.29 is 4.79 Å². The van der Waals surface area contributed by atoms with E-state index in [1.165, 1.54) is 25.7 Å². The summed E-state index contributed by atoms with van der Waals surface area (Å²) in [6.07, 6.45) is 12.4. The largest absolute Gasteiger partial charge is 0.337 e. The first kappa shape index (κ1) is 14.3. The second-order valence-electron chi connectivity index (χ2n) is 5.92. The van der Waals surface area contributed by atoms with Gasteiger partial charge in [-0.2, -0.15) is 0 Å². The zero-order valence-electron chi connectivity index (χ0n) is 12.4. The molecular formula is C17H23N3O. The average Bonchev–Trinajstić information content (AvgIpc) is 3.08. The summed E-state index contributed by atoms with van der Waals surface area (Å²) in [6.45, 7) is 3.76. The van der Waals surface area contributed by atoms with Gasteiger partial charge in [0.1, 0.15) is 0 Å². The fourth-order valence-electron chi connectivity index (χ4n) is 3.32. The number of nitrogens with zero attached hydrogens (tertiary/aromatic N) is 3. The Morgan fingerprint density at radius 2 is 1.95 bits per heavy atom. The van der Waals surface area contributed by atoms with Gasteiger partial charge in [-0.25, -0.2) is 0 Å². The maximum atomic E-state index is 12.2. The molecular weight excluding hydrogens is 262 g/mol. The molecule has 1 aliphatic carbocycles. The van der Waals surface area contributed by atoms with Gasteiger partial charge in [-0.15, -0.1) is 0 Å². The molecule has 0 aromatic carbocycles. The third kappa shape index (κ3) is 3.70. The van der Waals surface area contributed by atoms with Crippen molar-refractivity contribution in [3.05, 3.63) is 36.2 Å². The van der Waals surface area contributed by atoms with Gasteiger partial charge in [0.05, 0.1) is 0 Å². The Bertz CT molecular complexity index is 486. The van der Waals surface area contributed by atoms with Crippen molar-refractivity contribution in [1.82, 2.24) is 14.8 Å². The van der Waals surface area contributed by atoms with E-state index in [4.69, 9.17) is 0 Å². The zero-order valence-corrected chi connectivity index (χ0v) is 12.4. The molecule has 1 aliphatic heterocycles. The van der Waals surface area contributed by atoms with Gasteiger partial charge in [0, 0.05) is 50.7 Å². The Kier molecular flexibility index (Phi) is 4.65. The first-order chi connectivity index (χ1) is 10.3. The first-order valence-electron chi connectivity index (χ1n) is 7.94. The van der Waals surface area contributed by atoms with Crippen LogP contribution in [-0.2, 0) is 4.79 Å². The second kappa shape index (κ2) is 6.85. The average molecular weight is 285 g/mol. The highest BCUT2D eigenvalue weighted by molar-refractivity contribution is 5.91. The molecule has 2 heterocycles. The van der Waals surface area contributed by atoms with Crippen LogP contribution in [0, 0.1) is 0 Å². The number of carbonyl (C=O) groups excluding carboxylic acids is 1. The molecule has 0 atom stereocenters. The SMILES string of the molecule is O=C(/C=C/c1cccnc1)N1CCN(C2CCCC2)CC1. The fourth-order valence-corrected chi connectivity index (χ4v) is 3.32. The fraction of sp³-hybridized carbons (Fsp3) is 0.529. The predicted molar refractivity (Wildman–Crippen MR) is 83.7 cm³/mol. The van der Waals surface area contributed by atoms with Crippen LogP contribution in [0.4, 0.5) is 0 Å². The van der Waals surface area contributed by atoms with Gasteiger partial charge < -0.3 is 4.90 Å². The molecule has 21 heavy (non-hydrogen) atoms. The molecule has 0 radical (unpaired) electrons. The van der Waals surface area contributed by atoms with Crippen molar-refractivity contribution in [2.24, 2.45) is 0 Å². The number of aromatic nitrogens is 1. The van der Waals surface area contributed by atoms with Crippen molar-refractivity contribution >= 4 is 12.0 Å². The lowest BCUT2D eigenvalue weighted by molar-refractivity contribution is -0.127. The van der Waals surface area contributed by atoms with Crippen molar-refractivity contribution in [1.29, 1.82) is 0 Å². The Morgan fingerprint density at radius 1 is 1.19 bits per heavy atom. The molecule has 0 spiro atoms. The van der Waals surface area contributed by atoms with E-state index in [1.807, 2.05) is 23.1 Å². The van der Waals surface area contributed by atoms with Crippen LogP contribution in [-0.4, -0.2) is 52.9 Å². The standard InChI is InChI=1S/C17H23N3O/c21-17(8-7-15-4-3-9-18-14-15)20-12-10-19(11-13-20)16-5-1-2-6-16/h3-4,7-9,14,16H,1-2,5-6,10-13H2/b8-7+. The molecule has 2 fully saturated rings. The summed E-state index contributed by atoms with van der Waals surface area (Å²) < 4.78 is 0. The molecule has 0 N–H and O–H groups in total. The molecule has 2 aliphatic rings. The molecule has 1 aromatic rings. The van der Waals surface area contributed by atoms with Crippen LogP contribution in [0.25, 0.3) is 6.08 Å². The van der Waals surface area contributed by atoms with Crippen molar-refractivity contribution in [3.8, 4) is 0 Å². The van der Waals surface area contributed by atoms with Crippen molar-refractivity contribution in [3.63, 3.8) is 0 Å². The summed E-state index contributed by atoms with van der Waals surface area (Å²) in [5, 5.41) is 0. The van der Waals surface area contributed by atoms with E-state index in [0.717, 1.165) is 37.8 Å². The number of rotatable bonds is 3. The van der Waals surface area contributed by atoms with Gasteiger partial charge in [-0.1, -0.05) is 18.9 Å². The highest BCUT2D eigenvalue weighted by Gasteiger charge is 2.27. The molecule has 112 valence electrons. The van der Waals surface area contributed by atoms with Gasteiger partial charge in [0.2, 0.25) is 5.91 Å². The van der Waals surface area contributed by atoms with Crippen LogP contribution >= 0.6 is 0 Å². The van der Waals surface area contributed by atoms with E-state index in [2.05, 4.69) is 9.88 Å². The first-order valence-corrected chi connectivity index (χ1v) is 7.94. The van der Waals surface area contributed by atoms with Gasteiger partial charge in [0.25, 0.3) is 0 Å². The van der Waals surface area contributed by atoms with E-state index in [-0.39, 0.29) is 5.91 Å². The number of piperazine rings is 1. The van der Waals surface area contributed by atoms with Crippen molar-refractivity contribution in [2.45, 2.75) is 31.7 Å². The quantitative estimate of drug-likeness (QED) is 0.799. The number of pyridine rings is 1. The van der Waals surface area contributed by atoms with E-state index in [0.29, 0.717) is 0 Å². The number of carbonyl (C=O) groups is 1. The maximum absolute atomic E-state index is 12.2. The highest BCUT2D eigenvalue weighted by atomic mass is 16.2. The molecule has 4 heteroatoms. The van der Waals surface area contributed by atoms with E-state index in [9.17, 15) is 4.79 Å². The van der Waals surface area contributed by atoms with Crippen LogP contribution in [0.3, 0.4) is 0 Å². The normalized spacial score (nSPS) is 21.2. The molecule has 1 saturated heterocycles. The highest BCUT2D eigenvalue weighted by Crippen LogP contribution is 2.24. The Labute approximate surface area is 126 Å². The van der Waals surface area contributed by atoms with E-state index < -0.39 is 0 Å². The number of hydrogen-bond acceptors (Lipinski definition) is 3. The van der Waals surface area contributed by atoms with E-state index >= 15 is 0 Å². The van der Waals surface area contributed by atoms with E-state index in [1.54, 1.807) is 18.5 Å². The minimum atomic E-state index is 0.116. The summed E-state index contributed by atoms with van der Waals surface area (Å²) >= 11 is 0. The number of hydrogen-bond donors (Lipinski definition) is 0. The Morgan fingerprint density at radius 3 is 2.62 bits per heavy atom. The molecule has 0 bridgehead atoms. The third-order valence-electron chi connectivity index (χ3n) is 4.57. The minimum Gasteiger partial charge on any atom is -0.337 e. The van der Waals surface area contributed by atoms with Crippen LogP contribution in [0.1, 0.15) is 31.2 Å². The van der Waals surface area contributed by atoms with Gasteiger partial charge in [-0.05, 0) is 30.5 Å². The maximum Gasteiger partial charge on any atom is 0.246 e. The van der Waals surface area contributed by atoms with Gasteiger partial charge in [-0.3, -0.25) is 14.7 Å². The van der Waals surface area contributed by atoms with Crippen LogP contribution in [0.15, 0.2) is 30.6 Å². The van der Waals surface area contributed by atoms with Crippen LogP contribution in [0.2, 0.25) is 0 Å². The molecule has 3 rings (SSSR count). The summed E-state index contributed by atoms with van der Waals surface area (Å²) in [7, 11) is 0. The summed E-state index contributed by atoms with van der Waals surface area (Å²) in [5.41, 5.74) is 0.968. The summed E-state index contributed by atoms with van der Waals surface area (Å²) in [4.78, 5) is 20.8. The van der Waals surface area contributed by atoms with Gasteiger partial charge >= 0.3 is 0 Å². The van der Waals surface area contributed by atoms with Gasteiger partial charge in [0.15, 0.2) is 0 Å². The molecule has 1 saturated carbocycles. The molecule has 1 amide bonds.